The SMILES string of the molecule is CSc1n[nH]c(=O)n1-c1ccc(N2CCOCC2)cc1C(F)F. The molecule has 9 heteroatoms. The summed E-state index contributed by atoms with van der Waals surface area (Å²) < 4.78 is 33.5. The van der Waals surface area contributed by atoms with E-state index in [1.54, 1.807) is 18.4 Å². The van der Waals surface area contributed by atoms with Crippen molar-refractivity contribution >= 4 is 17.4 Å². The van der Waals surface area contributed by atoms with Gasteiger partial charge >= 0.3 is 5.69 Å². The highest BCUT2D eigenvalue weighted by Gasteiger charge is 2.21. The van der Waals surface area contributed by atoms with E-state index in [2.05, 4.69) is 10.2 Å². The van der Waals surface area contributed by atoms with Crippen LogP contribution in [0.3, 0.4) is 0 Å². The van der Waals surface area contributed by atoms with E-state index in [0.717, 1.165) is 0 Å². The van der Waals surface area contributed by atoms with Crippen LogP contribution >= 0.6 is 11.8 Å². The molecule has 1 aromatic heterocycles. The lowest BCUT2D eigenvalue weighted by atomic mass is 10.1. The molecule has 1 aromatic carbocycles. The van der Waals surface area contributed by atoms with Crippen LogP contribution in [-0.4, -0.2) is 47.3 Å². The molecule has 2 aromatic rings. The van der Waals surface area contributed by atoms with Crippen molar-refractivity contribution in [2.45, 2.75) is 11.6 Å². The van der Waals surface area contributed by atoms with Gasteiger partial charge in [0.2, 0.25) is 0 Å². The summed E-state index contributed by atoms with van der Waals surface area (Å²) in [5.74, 6) is 0. The van der Waals surface area contributed by atoms with E-state index in [4.69, 9.17) is 4.74 Å². The number of nitrogens with one attached hydrogen (secondary N) is 1. The van der Waals surface area contributed by atoms with E-state index in [9.17, 15) is 13.6 Å². The molecule has 1 N–H and O–H groups in total. The summed E-state index contributed by atoms with van der Waals surface area (Å²) >= 11 is 1.21. The molecule has 0 spiro atoms. The molecule has 0 atom stereocenters. The third-order valence-corrected chi connectivity index (χ3v) is 4.33. The summed E-state index contributed by atoms with van der Waals surface area (Å²) in [7, 11) is 0. The lowest BCUT2D eigenvalue weighted by molar-refractivity contribution is 0.122. The molecule has 1 saturated heterocycles. The number of H-pyrrole nitrogens is 1. The number of ether oxygens (including phenoxy) is 1. The topological polar surface area (TPSA) is 63.2 Å². The molecule has 1 aliphatic rings. The molecule has 0 amide bonds. The monoisotopic (exact) mass is 342 g/mol. The van der Waals surface area contributed by atoms with E-state index < -0.39 is 12.1 Å². The standard InChI is InChI=1S/C14H16F2N4O2S/c1-23-14-18-17-13(21)20(14)11-3-2-9(8-10(11)12(15)16)19-4-6-22-7-5-19/h2-3,8,12H,4-7H2,1H3,(H,17,21). The number of nitrogens with zero attached hydrogens (tertiary/aromatic N) is 3. The van der Waals surface area contributed by atoms with E-state index in [-0.39, 0.29) is 11.3 Å². The molecule has 1 fully saturated rings. The van der Waals surface area contributed by atoms with Gasteiger partial charge < -0.3 is 9.64 Å². The number of morpholine rings is 1. The minimum atomic E-state index is -2.69. The van der Waals surface area contributed by atoms with Crippen LogP contribution in [0.2, 0.25) is 0 Å². The molecular weight excluding hydrogens is 326 g/mol. The molecule has 0 saturated carbocycles. The zero-order chi connectivity index (χ0) is 16.4. The number of aromatic amines is 1. The molecule has 1 aliphatic heterocycles. The Labute approximate surface area is 135 Å². The number of aromatic nitrogens is 3. The third kappa shape index (κ3) is 3.11. The number of hydrogen-bond donors (Lipinski definition) is 1. The van der Waals surface area contributed by atoms with Crippen molar-refractivity contribution in [3.63, 3.8) is 0 Å². The Morgan fingerprint density at radius 1 is 1.35 bits per heavy atom. The molecule has 0 bridgehead atoms. The second-order valence-corrected chi connectivity index (χ2v) is 5.77. The van der Waals surface area contributed by atoms with Crippen LogP contribution in [0.1, 0.15) is 12.0 Å². The van der Waals surface area contributed by atoms with Gasteiger partial charge in [0, 0.05) is 24.3 Å². The molecule has 23 heavy (non-hydrogen) atoms. The van der Waals surface area contributed by atoms with Crippen molar-refractivity contribution in [3.8, 4) is 5.69 Å². The number of benzene rings is 1. The first kappa shape index (κ1) is 16.0. The van der Waals surface area contributed by atoms with Gasteiger partial charge in [-0.25, -0.2) is 23.2 Å². The minimum absolute atomic E-state index is 0.153. The number of hydrogen-bond acceptors (Lipinski definition) is 5. The van der Waals surface area contributed by atoms with Crippen LogP contribution in [0.4, 0.5) is 14.5 Å². The van der Waals surface area contributed by atoms with Gasteiger partial charge in [0.15, 0.2) is 5.16 Å². The molecule has 3 rings (SSSR count). The number of rotatable bonds is 4. The Morgan fingerprint density at radius 3 is 2.74 bits per heavy atom. The predicted octanol–water partition coefficient (Wildman–Crippen LogP) is 2.06. The van der Waals surface area contributed by atoms with Gasteiger partial charge in [-0.1, -0.05) is 11.8 Å². The quantitative estimate of drug-likeness (QED) is 0.862. The molecule has 2 heterocycles. The highest BCUT2D eigenvalue weighted by atomic mass is 32.2. The Hall–Kier alpha value is -1.87. The Bertz CT molecular complexity index is 741. The molecule has 0 unspecified atom stereocenters. The number of halogens is 2. The molecular formula is C14H16F2N4O2S. The zero-order valence-electron chi connectivity index (χ0n) is 12.5. The molecule has 124 valence electrons. The summed E-state index contributed by atoms with van der Waals surface area (Å²) in [5, 5.41) is 6.48. The fourth-order valence-electron chi connectivity index (χ4n) is 2.57. The van der Waals surface area contributed by atoms with E-state index in [0.29, 0.717) is 37.1 Å². The number of anilines is 1. The zero-order valence-corrected chi connectivity index (χ0v) is 13.3. The van der Waals surface area contributed by atoms with Gasteiger partial charge in [0.05, 0.1) is 18.9 Å². The Balaban J connectivity index is 2.07. The van der Waals surface area contributed by atoms with Crippen LogP contribution in [0.5, 0.6) is 0 Å². The number of thioether (sulfide) groups is 1. The molecule has 0 radical (unpaired) electrons. The van der Waals surface area contributed by atoms with Crippen LogP contribution in [0.15, 0.2) is 28.2 Å². The second-order valence-electron chi connectivity index (χ2n) is 4.99. The van der Waals surface area contributed by atoms with Gasteiger partial charge in [-0.05, 0) is 24.5 Å². The van der Waals surface area contributed by atoms with E-state index in [1.165, 1.54) is 22.4 Å². The third-order valence-electron chi connectivity index (χ3n) is 3.69. The van der Waals surface area contributed by atoms with Crippen molar-refractivity contribution in [3.05, 3.63) is 34.2 Å². The molecule has 0 aliphatic carbocycles. The van der Waals surface area contributed by atoms with Crippen LogP contribution in [-0.2, 0) is 4.74 Å². The fraction of sp³-hybridized carbons (Fsp3) is 0.429. The van der Waals surface area contributed by atoms with Crippen molar-refractivity contribution in [1.82, 2.24) is 14.8 Å². The van der Waals surface area contributed by atoms with Gasteiger partial charge in [0.1, 0.15) is 0 Å². The highest BCUT2D eigenvalue weighted by molar-refractivity contribution is 7.98. The van der Waals surface area contributed by atoms with Crippen LogP contribution in [0, 0.1) is 0 Å². The Kier molecular flexibility index (Phi) is 4.67. The summed E-state index contributed by atoms with van der Waals surface area (Å²) in [4.78, 5) is 13.9. The minimum Gasteiger partial charge on any atom is -0.378 e. The van der Waals surface area contributed by atoms with Crippen molar-refractivity contribution < 1.29 is 13.5 Å². The van der Waals surface area contributed by atoms with Gasteiger partial charge in [-0.2, -0.15) is 0 Å². The van der Waals surface area contributed by atoms with Gasteiger partial charge in [-0.3, -0.25) is 0 Å². The summed E-state index contributed by atoms with van der Waals surface area (Å²) in [6.07, 6.45) is -0.960. The van der Waals surface area contributed by atoms with Gasteiger partial charge in [-0.15, -0.1) is 5.10 Å². The van der Waals surface area contributed by atoms with Crippen LogP contribution < -0.4 is 10.6 Å². The maximum absolute atomic E-state index is 13.5. The Morgan fingerprint density at radius 2 is 2.09 bits per heavy atom. The fourth-order valence-corrected chi connectivity index (χ4v) is 3.07. The largest absolute Gasteiger partial charge is 0.378 e. The highest BCUT2D eigenvalue weighted by Crippen LogP contribution is 2.31. The summed E-state index contributed by atoms with van der Waals surface area (Å²) in [5.41, 5.74) is 0.137. The summed E-state index contributed by atoms with van der Waals surface area (Å²) in [6.45, 7) is 2.46. The maximum Gasteiger partial charge on any atom is 0.348 e. The lowest BCUT2D eigenvalue weighted by Gasteiger charge is -2.29. The number of alkyl halides is 2. The van der Waals surface area contributed by atoms with Crippen molar-refractivity contribution in [2.24, 2.45) is 0 Å². The van der Waals surface area contributed by atoms with E-state index in [1.807, 2.05) is 4.90 Å². The first-order chi connectivity index (χ1) is 11.1. The van der Waals surface area contributed by atoms with Crippen LogP contribution in [0.25, 0.3) is 5.69 Å². The maximum atomic E-state index is 13.5. The first-order valence-corrected chi connectivity index (χ1v) is 8.31. The average Bonchev–Trinajstić information content (AvgIpc) is 2.95. The van der Waals surface area contributed by atoms with E-state index >= 15 is 0 Å². The smallest absolute Gasteiger partial charge is 0.348 e. The summed E-state index contributed by atoms with van der Waals surface area (Å²) in [6, 6.07) is 4.73. The lowest BCUT2D eigenvalue weighted by Crippen LogP contribution is -2.36. The average molecular weight is 342 g/mol. The van der Waals surface area contributed by atoms with Crippen molar-refractivity contribution in [2.75, 3.05) is 37.5 Å². The van der Waals surface area contributed by atoms with Gasteiger partial charge in [0.25, 0.3) is 6.43 Å². The normalized spacial score (nSPS) is 15.4. The second kappa shape index (κ2) is 6.71. The predicted molar refractivity (Wildman–Crippen MR) is 84.0 cm³/mol. The first-order valence-electron chi connectivity index (χ1n) is 7.08. The van der Waals surface area contributed by atoms with Crippen molar-refractivity contribution in [1.29, 1.82) is 0 Å². The molecule has 6 nitrogen and oxygen atoms in total.